The summed E-state index contributed by atoms with van der Waals surface area (Å²) in [5.41, 5.74) is 1.77. The highest BCUT2D eigenvalue weighted by Crippen LogP contribution is 2.15. The zero-order valence-corrected chi connectivity index (χ0v) is 13.4. The topological polar surface area (TPSA) is 38.3 Å². The Kier molecular flexibility index (Phi) is 5.40. The Morgan fingerprint density at radius 1 is 1.20 bits per heavy atom. The van der Waals surface area contributed by atoms with Crippen molar-refractivity contribution >= 4 is 28.5 Å². The van der Waals surface area contributed by atoms with Gasteiger partial charge in [-0.15, -0.1) is 0 Å². The van der Waals surface area contributed by atoms with Crippen molar-refractivity contribution in [2.75, 3.05) is 13.2 Å². The summed E-state index contributed by atoms with van der Waals surface area (Å²) in [6, 6.07) is 15.3. The predicted octanol–water partition coefficient (Wildman–Crippen LogP) is 3.41. The van der Waals surface area contributed by atoms with Gasteiger partial charge >= 0.3 is 0 Å². The van der Waals surface area contributed by atoms with Gasteiger partial charge in [-0.05, 0) is 59.3 Å². The Morgan fingerprint density at radius 3 is 2.75 bits per heavy atom. The molecule has 20 heavy (non-hydrogen) atoms. The monoisotopic (exact) mass is 381 g/mol. The highest BCUT2D eigenvalue weighted by atomic mass is 127. The van der Waals surface area contributed by atoms with Crippen LogP contribution in [0.4, 0.5) is 0 Å². The molecular formula is C16H16INO2. The normalized spacial score (nSPS) is 10.1. The van der Waals surface area contributed by atoms with Gasteiger partial charge < -0.3 is 10.1 Å². The number of hydrogen-bond donors (Lipinski definition) is 1. The minimum Gasteiger partial charge on any atom is -0.491 e. The number of ether oxygens (including phenoxy) is 1. The number of rotatable bonds is 5. The first kappa shape index (κ1) is 14.8. The molecule has 0 saturated carbocycles. The van der Waals surface area contributed by atoms with Crippen LogP contribution < -0.4 is 10.1 Å². The van der Waals surface area contributed by atoms with E-state index in [1.54, 1.807) is 6.07 Å². The van der Waals surface area contributed by atoms with Gasteiger partial charge in [0.25, 0.3) is 5.91 Å². The Hall–Kier alpha value is -1.56. The van der Waals surface area contributed by atoms with Crippen LogP contribution in [-0.2, 0) is 0 Å². The SMILES string of the molecule is Cc1ccccc1OCCNC(=O)c1cccc(I)c1. The van der Waals surface area contributed by atoms with Crippen LogP contribution in [0, 0.1) is 10.5 Å². The molecule has 0 radical (unpaired) electrons. The van der Waals surface area contributed by atoms with E-state index in [-0.39, 0.29) is 5.91 Å². The highest BCUT2D eigenvalue weighted by molar-refractivity contribution is 14.1. The fraction of sp³-hybridized carbons (Fsp3) is 0.188. The average Bonchev–Trinajstić information content (AvgIpc) is 2.45. The molecule has 2 rings (SSSR count). The number of aryl methyl sites for hydroxylation is 1. The Bertz CT molecular complexity index is 599. The number of nitrogens with one attached hydrogen (secondary N) is 1. The second-order valence-corrected chi connectivity index (χ2v) is 5.63. The van der Waals surface area contributed by atoms with Crippen molar-refractivity contribution in [3.05, 3.63) is 63.2 Å². The molecule has 4 heteroatoms. The number of halogens is 1. The predicted molar refractivity (Wildman–Crippen MR) is 88.2 cm³/mol. The van der Waals surface area contributed by atoms with E-state index in [0.717, 1.165) is 14.9 Å². The van der Waals surface area contributed by atoms with Crippen molar-refractivity contribution in [3.8, 4) is 5.75 Å². The average molecular weight is 381 g/mol. The number of amides is 1. The lowest BCUT2D eigenvalue weighted by atomic mass is 10.2. The lowest BCUT2D eigenvalue weighted by Crippen LogP contribution is -2.28. The Morgan fingerprint density at radius 2 is 2.00 bits per heavy atom. The maximum Gasteiger partial charge on any atom is 0.251 e. The second kappa shape index (κ2) is 7.28. The molecule has 0 aromatic heterocycles. The van der Waals surface area contributed by atoms with Gasteiger partial charge in [-0.25, -0.2) is 0 Å². The molecular weight excluding hydrogens is 365 g/mol. The maximum atomic E-state index is 11.9. The molecule has 0 bridgehead atoms. The molecule has 0 heterocycles. The third-order valence-electron chi connectivity index (χ3n) is 2.83. The van der Waals surface area contributed by atoms with Crippen LogP contribution in [0.2, 0.25) is 0 Å². The fourth-order valence-electron chi connectivity index (χ4n) is 1.78. The summed E-state index contributed by atoms with van der Waals surface area (Å²) in [5.74, 6) is 0.785. The zero-order valence-electron chi connectivity index (χ0n) is 11.2. The summed E-state index contributed by atoms with van der Waals surface area (Å²) in [7, 11) is 0. The number of hydrogen-bond acceptors (Lipinski definition) is 2. The second-order valence-electron chi connectivity index (χ2n) is 4.38. The molecule has 1 amide bonds. The van der Waals surface area contributed by atoms with Crippen LogP contribution in [0.25, 0.3) is 0 Å². The van der Waals surface area contributed by atoms with Crippen LogP contribution in [0.3, 0.4) is 0 Å². The molecule has 1 N–H and O–H groups in total. The summed E-state index contributed by atoms with van der Waals surface area (Å²) in [6.07, 6.45) is 0. The first-order valence-electron chi connectivity index (χ1n) is 6.39. The number of carbonyl (C=O) groups is 1. The van der Waals surface area contributed by atoms with Gasteiger partial charge in [0.2, 0.25) is 0 Å². The lowest BCUT2D eigenvalue weighted by molar-refractivity contribution is 0.0947. The molecule has 0 saturated heterocycles. The molecule has 0 fully saturated rings. The van der Waals surface area contributed by atoms with Crippen LogP contribution in [0.5, 0.6) is 5.75 Å². The van der Waals surface area contributed by atoms with Crippen LogP contribution in [0.15, 0.2) is 48.5 Å². The highest BCUT2D eigenvalue weighted by Gasteiger charge is 2.05. The molecule has 2 aromatic carbocycles. The molecule has 0 spiro atoms. The molecule has 0 aliphatic rings. The van der Waals surface area contributed by atoms with E-state index in [1.807, 2.05) is 49.4 Å². The van der Waals surface area contributed by atoms with E-state index in [4.69, 9.17) is 4.74 Å². The molecule has 104 valence electrons. The maximum absolute atomic E-state index is 11.9. The van der Waals surface area contributed by atoms with Crippen molar-refractivity contribution < 1.29 is 9.53 Å². The summed E-state index contributed by atoms with van der Waals surface area (Å²) < 4.78 is 6.68. The van der Waals surface area contributed by atoms with Crippen molar-refractivity contribution in [2.24, 2.45) is 0 Å². The van der Waals surface area contributed by atoms with E-state index in [1.165, 1.54) is 0 Å². The quantitative estimate of drug-likeness (QED) is 0.637. The lowest BCUT2D eigenvalue weighted by Gasteiger charge is -2.09. The van der Waals surface area contributed by atoms with Gasteiger partial charge in [-0.1, -0.05) is 24.3 Å². The molecule has 0 unspecified atom stereocenters. The van der Waals surface area contributed by atoms with Crippen molar-refractivity contribution in [1.29, 1.82) is 0 Å². The fourth-order valence-corrected chi connectivity index (χ4v) is 2.32. The minimum absolute atomic E-state index is 0.0723. The largest absolute Gasteiger partial charge is 0.491 e. The molecule has 2 aromatic rings. The van der Waals surface area contributed by atoms with E-state index < -0.39 is 0 Å². The van der Waals surface area contributed by atoms with Crippen molar-refractivity contribution in [2.45, 2.75) is 6.92 Å². The van der Waals surface area contributed by atoms with Gasteiger partial charge in [0, 0.05) is 9.13 Å². The minimum atomic E-state index is -0.0723. The van der Waals surface area contributed by atoms with E-state index in [9.17, 15) is 4.79 Å². The first-order chi connectivity index (χ1) is 9.66. The summed E-state index contributed by atoms with van der Waals surface area (Å²) in [6.45, 7) is 2.94. The van der Waals surface area contributed by atoms with E-state index >= 15 is 0 Å². The third kappa shape index (κ3) is 4.23. The van der Waals surface area contributed by atoms with E-state index in [2.05, 4.69) is 27.9 Å². The molecule has 0 aliphatic heterocycles. The van der Waals surface area contributed by atoms with Crippen molar-refractivity contribution in [1.82, 2.24) is 5.32 Å². The zero-order chi connectivity index (χ0) is 14.4. The summed E-state index contributed by atoms with van der Waals surface area (Å²) in [5, 5.41) is 2.85. The Balaban J connectivity index is 1.79. The molecule has 0 aliphatic carbocycles. The summed E-state index contributed by atoms with van der Waals surface area (Å²) in [4.78, 5) is 11.9. The number of para-hydroxylation sites is 1. The number of carbonyl (C=O) groups excluding carboxylic acids is 1. The van der Waals surface area contributed by atoms with Crippen molar-refractivity contribution in [3.63, 3.8) is 0 Å². The first-order valence-corrected chi connectivity index (χ1v) is 7.47. The van der Waals surface area contributed by atoms with Gasteiger partial charge in [0.05, 0.1) is 6.54 Å². The van der Waals surface area contributed by atoms with Crippen LogP contribution in [-0.4, -0.2) is 19.1 Å². The smallest absolute Gasteiger partial charge is 0.251 e. The molecule has 0 atom stereocenters. The standard InChI is InChI=1S/C16H16INO2/c1-12-5-2-3-8-15(12)20-10-9-18-16(19)13-6-4-7-14(17)11-13/h2-8,11H,9-10H2,1H3,(H,18,19). The van der Waals surface area contributed by atoms with Crippen LogP contribution in [0.1, 0.15) is 15.9 Å². The summed E-state index contributed by atoms with van der Waals surface area (Å²) >= 11 is 2.19. The Labute approximate surface area is 132 Å². The molecule has 3 nitrogen and oxygen atoms in total. The van der Waals surface area contributed by atoms with E-state index in [0.29, 0.717) is 18.7 Å². The van der Waals surface area contributed by atoms with Gasteiger partial charge in [-0.2, -0.15) is 0 Å². The third-order valence-corrected chi connectivity index (χ3v) is 3.50. The number of benzene rings is 2. The van der Waals surface area contributed by atoms with Crippen LogP contribution >= 0.6 is 22.6 Å². The van der Waals surface area contributed by atoms with Gasteiger partial charge in [0.1, 0.15) is 12.4 Å². The van der Waals surface area contributed by atoms with Gasteiger partial charge in [-0.3, -0.25) is 4.79 Å². The van der Waals surface area contributed by atoms with Gasteiger partial charge in [0.15, 0.2) is 0 Å².